The summed E-state index contributed by atoms with van der Waals surface area (Å²) in [7, 11) is 0. The highest BCUT2D eigenvalue weighted by molar-refractivity contribution is 5.78. The maximum absolute atomic E-state index is 11.5. The third kappa shape index (κ3) is 4.72. The van der Waals surface area contributed by atoms with Crippen LogP contribution in [0.4, 0.5) is 0 Å². The van der Waals surface area contributed by atoms with Crippen LogP contribution in [0.25, 0.3) is 0 Å². The van der Waals surface area contributed by atoms with E-state index >= 15 is 0 Å². The Morgan fingerprint density at radius 1 is 1.21 bits per heavy atom. The van der Waals surface area contributed by atoms with E-state index in [1.165, 1.54) is 0 Å². The SMILES string of the molecule is NCC(=O)N1CCC(NCCN2CCOCC2)CC1. The molecule has 0 bridgehead atoms. The fourth-order valence-electron chi connectivity index (χ4n) is 2.71. The molecule has 0 unspecified atom stereocenters. The predicted octanol–water partition coefficient (Wildman–Crippen LogP) is -1.14. The Kier molecular flexibility index (Phi) is 6.03. The summed E-state index contributed by atoms with van der Waals surface area (Å²) in [5.74, 6) is 0.0757. The largest absolute Gasteiger partial charge is 0.379 e. The minimum atomic E-state index is 0.0757. The van der Waals surface area contributed by atoms with Gasteiger partial charge in [-0.05, 0) is 12.8 Å². The summed E-state index contributed by atoms with van der Waals surface area (Å²) in [4.78, 5) is 15.8. The van der Waals surface area contributed by atoms with Crippen molar-refractivity contribution in [3.8, 4) is 0 Å². The lowest BCUT2D eigenvalue weighted by atomic mass is 10.1. The topological polar surface area (TPSA) is 70.8 Å². The van der Waals surface area contributed by atoms with E-state index < -0.39 is 0 Å². The molecule has 2 fully saturated rings. The van der Waals surface area contributed by atoms with Crippen LogP contribution in [0.15, 0.2) is 0 Å². The van der Waals surface area contributed by atoms with E-state index in [0.717, 1.165) is 65.3 Å². The number of morpholine rings is 1. The van der Waals surface area contributed by atoms with Gasteiger partial charge in [0.25, 0.3) is 0 Å². The van der Waals surface area contributed by atoms with Crippen LogP contribution in [0.1, 0.15) is 12.8 Å². The second-order valence-corrected chi connectivity index (χ2v) is 5.27. The minimum absolute atomic E-state index is 0.0757. The molecular formula is C13H26N4O2. The van der Waals surface area contributed by atoms with Crippen LogP contribution in [0.5, 0.6) is 0 Å². The fourth-order valence-corrected chi connectivity index (χ4v) is 2.71. The van der Waals surface area contributed by atoms with Crippen LogP contribution in [0, 0.1) is 0 Å². The molecule has 110 valence electrons. The Bertz CT molecular complexity index is 274. The first kappa shape index (κ1) is 14.7. The number of ether oxygens (including phenoxy) is 1. The number of nitrogens with one attached hydrogen (secondary N) is 1. The summed E-state index contributed by atoms with van der Waals surface area (Å²) >= 11 is 0. The molecule has 2 aliphatic rings. The average Bonchev–Trinajstić information content (AvgIpc) is 2.48. The quantitative estimate of drug-likeness (QED) is 0.661. The molecule has 0 saturated carbocycles. The smallest absolute Gasteiger partial charge is 0.236 e. The van der Waals surface area contributed by atoms with Gasteiger partial charge in [-0.1, -0.05) is 0 Å². The zero-order chi connectivity index (χ0) is 13.5. The number of carbonyl (C=O) groups is 1. The Balaban J connectivity index is 1.56. The van der Waals surface area contributed by atoms with Crippen LogP contribution in [0.3, 0.4) is 0 Å². The van der Waals surface area contributed by atoms with Crippen molar-refractivity contribution in [2.45, 2.75) is 18.9 Å². The number of nitrogens with two attached hydrogens (primary N) is 1. The van der Waals surface area contributed by atoms with E-state index in [4.69, 9.17) is 10.5 Å². The lowest BCUT2D eigenvalue weighted by molar-refractivity contribution is -0.130. The standard InChI is InChI=1S/C13H26N4O2/c14-11-13(18)17-4-1-12(2-5-17)15-3-6-16-7-9-19-10-8-16/h12,15H,1-11,14H2. The molecule has 0 radical (unpaired) electrons. The number of likely N-dealkylation sites (tertiary alicyclic amines) is 1. The van der Waals surface area contributed by atoms with Gasteiger partial charge in [-0.25, -0.2) is 0 Å². The highest BCUT2D eigenvalue weighted by atomic mass is 16.5. The Hall–Kier alpha value is -0.690. The summed E-state index contributed by atoms with van der Waals surface area (Å²) in [5.41, 5.74) is 5.38. The van der Waals surface area contributed by atoms with Crippen molar-refractivity contribution < 1.29 is 9.53 Å². The van der Waals surface area contributed by atoms with Crippen molar-refractivity contribution in [3.05, 3.63) is 0 Å². The van der Waals surface area contributed by atoms with Gasteiger partial charge in [-0.3, -0.25) is 9.69 Å². The zero-order valence-electron chi connectivity index (χ0n) is 11.6. The molecule has 0 aliphatic carbocycles. The summed E-state index contributed by atoms with van der Waals surface area (Å²) in [5, 5.41) is 3.59. The molecule has 0 spiro atoms. The summed E-state index contributed by atoms with van der Waals surface area (Å²) in [6, 6.07) is 0.544. The van der Waals surface area contributed by atoms with Crippen molar-refractivity contribution in [1.29, 1.82) is 0 Å². The van der Waals surface area contributed by atoms with Crippen LogP contribution >= 0.6 is 0 Å². The summed E-state index contributed by atoms with van der Waals surface area (Å²) in [6.07, 6.45) is 2.07. The monoisotopic (exact) mass is 270 g/mol. The second-order valence-electron chi connectivity index (χ2n) is 5.27. The molecule has 2 saturated heterocycles. The fraction of sp³-hybridized carbons (Fsp3) is 0.923. The van der Waals surface area contributed by atoms with Gasteiger partial charge in [0.05, 0.1) is 19.8 Å². The highest BCUT2D eigenvalue weighted by Crippen LogP contribution is 2.10. The molecule has 3 N–H and O–H groups in total. The minimum Gasteiger partial charge on any atom is -0.379 e. The third-order valence-corrected chi connectivity index (χ3v) is 3.99. The van der Waals surface area contributed by atoms with Gasteiger partial charge in [0.1, 0.15) is 0 Å². The number of amides is 1. The van der Waals surface area contributed by atoms with Gasteiger partial charge in [0, 0.05) is 45.3 Å². The molecule has 2 heterocycles. The molecule has 0 atom stereocenters. The summed E-state index contributed by atoms with van der Waals surface area (Å²) in [6.45, 7) is 7.74. The lowest BCUT2D eigenvalue weighted by Gasteiger charge is -2.33. The highest BCUT2D eigenvalue weighted by Gasteiger charge is 2.21. The van der Waals surface area contributed by atoms with E-state index in [1.54, 1.807) is 0 Å². The maximum Gasteiger partial charge on any atom is 0.236 e. The van der Waals surface area contributed by atoms with Crippen LogP contribution in [-0.4, -0.2) is 80.8 Å². The molecule has 0 aromatic carbocycles. The number of rotatable bonds is 5. The van der Waals surface area contributed by atoms with Crippen LogP contribution < -0.4 is 11.1 Å². The zero-order valence-corrected chi connectivity index (χ0v) is 11.6. The first-order chi connectivity index (χ1) is 9.29. The van der Waals surface area contributed by atoms with Gasteiger partial charge < -0.3 is 20.7 Å². The van der Waals surface area contributed by atoms with Gasteiger partial charge in [0.2, 0.25) is 5.91 Å². The Labute approximate surface area is 115 Å². The molecule has 0 aromatic heterocycles. The molecule has 6 heteroatoms. The van der Waals surface area contributed by atoms with Crippen molar-refractivity contribution >= 4 is 5.91 Å². The normalized spacial score (nSPS) is 22.7. The molecule has 2 rings (SSSR count). The Morgan fingerprint density at radius 2 is 1.89 bits per heavy atom. The van der Waals surface area contributed by atoms with Gasteiger partial charge in [0.15, 0.2) is 0 Å². The van der Waals surface area contributed by atoms with Crippen LogP contribution in [0.2, 0.25) is 0 Å². The molecule has 2 aliphatic heterocycles. The molecule has 1 amide bonds. The van der Waals surface area contributed by atoms with Crippen LogP contribution in [-0.2, 0) is 9.53 Å². The molecular weight excluding hydrogens is 244 g/mol. The first-order valence-corrected chi connectivity index (χ1v) is 7.31. The number of carbonyl (C=O) groups excluding carboxylic acids is 1. The predicted molar refractivity (Wildman–Crippen MR) is 73.9 cm³/mol. The molecule has 19 heavy (non-hydrogen) atoms. The number of hydrogen-bond acceptors (Lipinski definition) is 5. The van der Waals surface area contributed by atoms with Gasteiger partial charge >= 0.3 is 0 Å². The number of piperidine rings is 1. The molecule has 0 aromatic rings. The number of nitrogens with zero attached hydrogens (tertiary/aromatic N) is 2. The van der Waals surface area contributed by atoms with E-state index in [-0.39, 0.29) is 12.5 Å². The van der Waals surface area contributed by atoms with E-state index in [9.17, 15) is 4.79 Å². The van der Waals surface area contributed by atoms with Gasteiger partial charge in [-0.15, -0.1) is 0 Å². The lowest BCUT2D eigenvalue weighted by Crippen LogP contribution is -2.48. The van der Waals surface area contributed by atoms with Crippen molar-refractivity contribution in [2.24, 2.45) is 5.73 Å². The number of hydrogen-bond donors (Lipinski definition) is 2. The third-order valence-electron chi connectivity index (χ3n) is 3.99. The van der Waals surface area contributed by atoms with Crippen molar-refractivity contribution in [3.63, 3.8) is 0 Å². The second kappa shape index (κ2) is 7.79. The van der Waals surface area contributed by atoms with E-state index in [0.29, 0.717) is 6.04 Å². The summed E-state index contributed by atoms with van der Waals surface area (Å²) < 4.78 is 5.33. The van der Waals surface area contributed by atoms with Gasteiger partial charge in [-0.2, -0.15) is 0 Å². The van der Waals surface area contributed by atoms with E-state index in [2.05, 4.69) is 10.2 Å². The maximum atomic E-state index is 11.5. The first-order valence-electron chi connectivity index (χ1n) is 7.31. The van der Waals surface area contributed by atoms with E-state index in [1.807, 2.05) is 4.90 Å². The Morgan fingerprint density at radius 3 is 2.53 bits per heavy atom. The molecule has 6 nitrogen and oxygen atoms in total. The van der Waals surface area contributed by atoms with Crippen molar-refractivity contribution in [1.82, 2.24) is 15.1 Å². The average molecular weight is 270 g/mol. The van der Waals surface area contributed by atoms with Crippen molar-refractivity contribution in [2.75, 3.05) is 59.0 Å².